The summed E-state index contributed by atoms with van der Waals surface area (Å²) < 4.78 is 11.1. The summed E-state index contributed by atoms with van der Waals surface area (Å²) in [6, 6.07) is 0. The predicted molar refractivity (Wildman–Crippen MR) is 95.7 cm³/mol. The molecule has 0 bridgehead atoms. The monoisotopic (exact) mass is 356 g/mol. The molecule has 0 N–H and O–H groups in total. The van der Waals surface area contributed by atoms with E-state index in [1.165, 1.54) is 0 Å². The number of carbonyl (C=O) groups excluding carboxylic acids is 1. The van der Waals surface area contributed by atoms with Crippen LogP contribution in [0.4, 0.5) is 0 Å². The minimum absolute atomic E-state index is 0.309. The Morgan fingerprint density at radius 1 is 0.962 bits per heavy atom. The molecule has 0 amide bonds. The summed E-state index contributed by atoms with van der Waals surface area (Å²) in [5.41, 5.74) is -0.177. The number of hydrogen-bond donors (Lipinski definition) is 0. The number of carbonyl (C=O) groups is 1. The average Bonchev–Trinajstić information content (AvgIpc) is 3.22. The zero-order valence-electron chi connectivity index (χ0n) is 16.0. The largest absolute Gasteiger partial charge is 0.455 e. The molecule has 8 nitrogen and oxygen atoms in total. The van der Waals surface area contributed by atoms with Crippen molar-refractivity contribution in [3.05, 3.63) is 54.2 Å². The zero-order chi connectivity index (χ0) is 19.1. The number of aryl methyl sites for hydroxylation is 2. The van der Waals surface area contributed by atoms with Crippen LogP contribution in [0.25, 0.3) is 0 Å². The molecule has 0 radical (unpaired) electrons. The highest BCUT2D eigenvalue weighted by molar-refractivity contribution is 5.87. The van der Waals surface area contributed by atoms with E-state index in [1.807, 2.05) is 56.4 Å². The second kappa shape index (κ2) is 6.44. The van der Waals surface area contributed by atoms with Crippen LogP contribution in [0.1, 0.15) is 54.7 Å². The lowest BCUT2D eigenvalue weighted by Gasteiger charge is -2.20. The highest BCUT2D eigenvalue weighted by Crippen LogP contribution is 2.29. The summed E-state index contributed by atoms with van der Waals surface area (Å²) in [7, 11) is 5.66. The van der Waals surface area contributed by atoms with Gasteiger partial charge < -0.3 is 18.4 Å². The van der Waals surface area contributed by atoms with Gasteiger partial charge in [-0.1, -0.05) is 0 Å². The second-order valence-corrected chi connectivity index (χ2v) is 7.29. The van der Waals surface area contributed by atoms with Gasteiger partial charge in [-0.3, -0.25) is 0 Å². The predicted octanol–water partition coefficient (Wildman–Crippen LogP) is 2.02. The molecule has 0 fully saturated rings. The fraction of sp³-hybridized carbons (Fsp3) is 0.444. The van der Waals surface area contributed by atoms with E-state index in [0.717, 1.165) is 11.6 Å². The standard InChI is InChI=1S/C18H24N6O2/c1-18(2,3)26-17(25)12-11-21-16(24(12)6)13(14-19-7-9-22(14)4)15-20-8-10-23(15)5/h7-11,13H,1-6H3. The summed E-state index contributed by atoms with van der Waals surface area (Å²) >= 11 is 0. The molecule has 0 atom stereocenters. The lowest BCUT2D eigenvalue weighted by Crippen LogP contribution is -2.25. The minimum atomic E-state index is -0.569. The van der Waals surface area contributed by atoms with Gasteiger partial charge in [0.15, 0.2) is 0 Å². The summed E-state index contributed by atoms with van der Waals surface area (Å²) in [5.74, 6) is 1.55. The maximum absolute atomic E-state index is 12.5. The molecule has 3 heterocycles. The molecule has 0 spiro atoms. The molecule has 0 aliphatic rings. The summed E-state index contributed by atoms with van der Waals surface area (Å²) in [4.78, 5) is 26.0. The third-order valence-electron chi connectivity index (χ3n) is 4.12. The normalized spacial score (nSPS) is 12.0. The first-order valence-corrected chi connectivity index (χ1v) is 8.38. The molecule has 138 valence electrons. The fourth-order valence-corrected chi connectivity index (χ4v) is 2.87. The Labute approximate surface area is 152 Å². The number of ether oxygens (including phenoxy) is 1. The molecule has 3 aromatic heterocycles. The van der Waals surface area contributed by atoms with Crippen molar-refractivity contribution in [3.63, 3.8) is 0 Å². The van der Waals surface area contributed by atoms with Gasteiger partial charge >= 0.3 is 5.97 Å². The van der Waals surface area contributed by atoms with Gasteiger partial charge in [0, 0.05) is 45.9 Å². The Morgan fingerprint density at radius 3 is 1.92 bits per heavy atom. The number of hydrogen-bond acceptors (Lipinski definition) is 5. The highest BCUT2D eigenvalue weighted by atomic mass is 16.6. The number of aromatic nitrogens is 6. The number of esters is 1. The van der Waals surface area contributed by atoms with Gasteiger partial charge in [0.25, 0.3) is 0 Å². The van der Waals surface area contributed by atoms with Crippen LogP contribution in [0.15, 0.2) is 31.0 Å². The van der Waals surface area contributed by atoms with Crippen LogP contribution in [-0.4, -0.2) is 40.2 Å². The maximum Gasteiger partial charge on any atom is 0.357 e. The van der Waals surface area contributed by atoms with Crippen molar-refractivity contribution >= 4 is 5.97 Å². The fourth-order valence-electron chi connectivity index (χ4n) is 2.87. The number of nitrogens with zero attached hydrogens (tertiary/aromatic N) is 6. The van der Waals surface area contributed by atoms with Crippen molar-refractivity contribution < 1.29 is 9.53 Å². The zero-order valence-corrected chi connectivity index (χ0v) is 16.0. The molecular formula is C18H24N6O2. The molecule has 0 aromatic carbocycles. The Kier molecular flexibility index (Phi) is 4.43. The summed E-state index contributed by atoms with van der Waals surface area (Å²) in [6.45, 7) is 5.52. The average molecular weight is 356 g/mol. The number of rotatable bonds is 4. The van der Waals surface area contributed by atoms with Crippen LogP contribution in [-0.2, 0) is 25.9 Å². The SMILES string of the molecule is Cn1ccnc1C(c1nccn1C)c1ncc(C(=O)OC(C)(C)C)n1C. The lowest BCUT2D eigenvalue weighted by molar-refractivity contribution is 0.00585. The van der Waals surface area contributed by atoms with Crippen molar-refractivity contribution in [3.8, 4) is 0 Å². The van der Waals surface area contributed by atoms with Crippen LogP contribution in [0.2, 0.25) is 0 Å². The van der Waals surface area contributed by atoms with E-state index in [-0.39, 0.29) is 5.92 Å². The van der Waals surface area contributed by atoms with E-state index in [1.54, 1.807) is 30.2 Å². The minimum Gasteiger partial charge on any atom is -0.455 e. The van der Waals surface area contributed by atoms with Crippen LogP contribution >= 0.6 is 0 Å². The molecule has 3 aromatic rings. The highest BCUT2D eigenvalue weighted by Gasteiger charge is 2.31. The van der Waals surface area contributed by atoms with Crippen LogP contribution in [0.5, 0.6) is 0 Å². The maximum atomic E-state index is 12.5. The van der Waals surface area contributed by atoms with E-state index >= 15 is 0 Å². The van der Waals surface area contributed by atoms with E-state index < -0.39 is 11.6 Å². The van der Waals surface area contributed by atoms with Crippen LogP contribution in [0.3, 0.4) is 0 Å². The third-order valence-corrected chi connectivity index (χ3v) is 4.12. The quantitative estimate of drug-likeness (QED) is 0.668. The van der Waals surface area contributed by atoms with Crippen LogP contribution < -0.4 is 0 Å². The van der Waals surface area contributed by atoms with Crippen LogP contribution in [0, 0.1) is 0 Å². The number of imidazole rings is 3. The van der Waals surface area contributed by atoms with E-state index in [9.17, 15) is 4.79 Å². The van der Waals surface area contributed by atoms with Gasteiger partial charge in [-0.15, -0.1) is 0 Å². The van der Waals surface area contributed by atoms with Gasteiger partial charge in [0.1, 0.15) is 34.7 Å². The molecule has 26 heavy (non-hydrogen) atoms. The van der Waals surface area contributed by atoms with Crippen molar-refractivity contribution in [2.24, 2.45) is 21.1 Å². The van der Waals surface area contributed by atoms with Crippen molar-refractivity contribution in [1.29, 1.82) is 0 Å². The Hall–Kier alpha value is -2.90. The summed E-state index contributed by atoms with van der Waals surface area (Å²) in [6.07, 6.45) is 8.78. The van der Waals surface area contributed by atoms with Gasteiger partial charge in [-0.25, -0.2) is 19.7 Å². The lowest BCUT2D eigenvalue weighted by atomic mass is 10.1. The van der Waals surface area contributed by atoms with E-state index in [0.29, 0.717) is 11.5 Å². The molecule has 0 aliphatic heterocycles. The first kappa shape index (κ1) is 17.9. The first-order chi connectivity index (χ1) is 12.2. The molecule has 0 saturated heterocycles. The molecule has 3 rings (SSSR count). The van der Waals surface area contributed by atoms with Gasteiger partial charge in [-0.2, -0.15) is 0 Å². The topological polar surface area (TPSA) is 79.8 Å². The van der Waals surface area contributed by atoms with E-state index in [4.69, 9.17) is 4.74 Å². The van der Waals surface area contributed by atoms with Crippen molar-refractivity contribution in [1.82, 2.24) is 28.7 Å². The van der Waals surface area contributed by atoms with Gasteiger partial charge in [-0.05, 0) is 20.8 Å². The smallest absolute Gasteiger partial charge is 0.357 e. The Balaban J connectivity index is 2.08. The Morgan fingerprint density at radius 2 is 1.50 bits per heavy atom. The van der Waals surface area contributed by atoms with Crippen molar-refractivity contribution in [2.45, 2.75) is 32.3 Å². The molecular weight excluding hydrogens is 332 g/mol. The van der Waals surface area contributed by atoms with Crippen molar-refractivity contribution in [2.75, 3.05) is 0 Å². The third kappa shape index (κ3) is 3.26. The molecule has 0 aliphatic carbocycles. The summed E-state index contributed by atoms with van der Waals surface area (Å²) in [5, 5.41) is 0. The van der Waals surface area contributed by atoms with E-state index in [2.05, 4.69) is 15.0 Å². The van der Waals surface area contributed by atoms with Gasteiger partial charge in [0.05, 0.1) is 6.20 Å². The molecule has 0 unspecified atom stereocenters. The second-order valence-electron chi connectivity index (χ2n) is 7.29. The molecule has 0 saturated carbocycles. The van der Waals surface area contributed by atoms with Gasteiger partial charge in [0.2, 0.25) is 0 Å². The molecule has 8 heteroatoms. The Bertz CT molecular complexity index is 888. The first-order valence-electron chi connectivity index (χ1n) is 8.38.